The molecule has 1 aromatic heterocycles. The van der Waals surface area contributed by atoms with Gasteiger partial charge in [0.25, 0.3) is 0 Å². The summed E-state index contributed by atoms with van der Waals surface area (Å²) in [4.78, 5) is 6.27. The fourth-order valence-corrected chi connectivity index (χ4v) is 3.49. The van der Waals surface area contributed by atoms with Crippen LogP contribution in [0.4, 0.5) is 19.0 Å². The second kappa shape index (κ2) is 10.0. The molecule has 8 heteroatoms. The minimum atomic E-state index is -4.36. The monoisotopic (exact) mass is 423 g/mol. The molecule has 0 bridgehead atoms. The molecule has 2 heterocycles. The molecule has 0 radical (unpaired) electrons. The Balaban J connectivity index is 1.51. The number of likely N-dealkylation sites (tertiary alicyclic amines) is 1. The van der Waals surface area contributed by atoms with Crippen LogP contribution in [-0.4, -0.2) is 42.7 Å². The highest BCUT2D eigenvalue weighted by Gasteiger charge is 2.30. The number of hydrogen-bond acceptors (Lipinski definition) is 5. The molecule has 0 saturated carbocycles. The quantitative estimate of drug-likeness (QED) is 0.649. The second-order valence-corrected chi connectivity index (χ2v) is 7.46. The molecule has 30 heavy (non-hydrogen) atoms. The number of anilines is 1. The van der Waals surface area contributed by atoms with E-state index < -0.39 is 11.7 Å². The van der Waals surface area contributed by atoms with Crippen LogP contribution in [0.15, 0.2) is 36.5 Å². The maximum Gasteiger partial charge on any atom is 0.417 e. The first kappa shape index (κ1) is 22.2. The number of halogens is 3. The van der Waals surface area contributed by atoms with Crippen molar-refractivity contribution < 1.29 is 22.6 Å². The molecule has 0 atom stereocenters. The van der Waals surface area contributed by atoms with Gasteiger partial charge >= 0.3 is 6.18 Å². The van der Waals surface area contributed by atoms with Crippen LogP contribution in [-0.2, 0) is 12.7 Å². The van der Waals surface area contributed by atoms with E-state index in [-0.39, 0.29) is 6.04 Å². The maximum atomic E-state index is 12.6. The summed E-state index contributed by atoms with van der Waals surface area (Å²) < 4.78 is 49.1. The van der Waals surface area contributed by atoms with E-state index in [0.717, 1.165) is 68.2 Å². The van der Waals surface area contributed by atoms with Crippen LogP contribution in [0.5, 0.6) is 11.5 Å². The average molecular weight is 423 g/mol. The summed E-state index contributed by atoms with van der Waals surface area (Å²) in [5, 5.41) is 3.25. The molecule has 1 aromatic carbocycles. The van der Waals surface area contributed by atoms with Crippen molar-refractivity contribution >= 4 is 5.82 Å². The topological polar surface area (TPSA) is 46.6 Å². The Labute approximate surface area is 175 Å². The lowest BCUT2D eigenvalue weighted by Gasteiger charge is -2.32. The van der Waals surface area contributed by atoms with Crippen molar-refractivity contribution in [2.45, 2.75) is 44.9 Å². The van der Waals surface area contributed by atoms with Gasteiger partial charge in [-0.2, -0.15) is 13.2 Å². The summed E-state index contributed by atoms with van der Waals surface area (Å²) >= 11 is 0. The molecule has 0 spiro atoms. The number of benzene rings is 1. The number of nitrogens with one attached hydrogen (secondary N) is 1. The van der Waals surface area contributed by atoms with Gasteiger partial charge in [0.15, 0.2) is 11.5 Å². The van der Waals surface area contributed by atoms with Gasteiger partial charge in [0.1, 0.15) is 5.82 Å². The predicted molar refractivity (Wildman–Crippen MR) is 110 cm³/mol. The zero-order valence-electron chi connectivity index (χ0n) is 17.3. The van der Waals surface area contributed by atoms with Gasteiger partial charge in [-0.15, -0.1) is 0 Å². The van der Waals surface area contributed by atoms with Crippen molar-refractivity contribution in [3.8, 4) is 11.5 Å². The number of alkyl halides is 3. The van der Waals surface area contributed by atoms with E-state index in [2.05, 4.69) is 22.1 Å². The van der Waals surface area contributed by atoms with Crippen molar-refractivity contribution in [2.75, 3.05) is 32.1 Å². The Morgan fingerprint density at radius 3 is 2.50 bits per heavy atom. The predicted octanol–water partition coefficient (Wildman–Crippen LogP) is 4.97. The third kappa shape index (κ3) is 6.01. The molecule has 1 saturated heterocycles. The van der Waals surface area contributed by atoms with E-state index in [1.54, 1.807) is 7.11 Å². The van der Waals surface area contributed by atoms with Gasteiger partial charge in [0.2, 0.25) is 0 Å². The van der Waals surface area contributed by atoms with Crippen LogP contribution < -0.4 is 14.8 Å². The lowest BCUT2D eigenvalue weighted by atomic mass is 10.0. The minimum absolute atomic E-state index is 0.199. The van der Waals surface area contributed by atoms with Gasteiger partial charge in [-0.1, -0.05) is 13.0 Å². The fourth-order valence-electron chi connectivity index (χ4n) is 3.49. The van der Waals surface area contributed by atoms with Crippen molar-refractivity contribution in [1.82, 2.24) is 9.88 Å². The van der Waals surface area contributed by atoms with Crippen molar-refractivity contribution in [2.24, 2.45) is 0 Å². The standard InChI is InChI=1S/C22H28F3N3O2/c1-3-12-30-20-13-16(4-6-19(20)29-2)15-28-10-8-18(9-11-28)27-21-7-5-17(14-26-21)22(23,24)25/h4-7,13-14,18H,3,8-12,15H2,1-2H3,(H,26,27). The summed E-state index contributed by atoms with van der Waals surface area (Å²) in [6.07, 6.45) is -0.753. The van der Waals surface area contributed by atoms with E-state index in [4.69, 9.17) is 9.47 Å². The van der Waals surface area contributed by atoms with Gasteiger partial charge in [0.05, 0.1) is 19.3 Å². The molecule has 5 nitrogen and oxygen atoms in total. The third-order valence-electron chi connectivity index (χ3n) is 5.13. The smallest absolute Gasteiger partial charge is 0.417 e. The molecule has 1 fully saturated rings. The first-order valence-electron chi connectivity index (χ1n) is 10.2. The van der Waals surface area contributed by atoms with Crippen LogP contribution in [0.3, 0.4) is 0 Å². The number of nitrogens with zero attached hydrogens (tertiary/aromatic N) is 2. The summed E-state index contributed by atoms with van der Waals surface area (Å²) in [7, 11) is 1.64. The number of ether oxygens (including phenoxy) is 2. The van der Waals surface area contributed by atoms with E-state index in [9.17, 15) is 13.2 Å². The Hall–Kier alpha value is -2.48. The highest BCUT2D eigenvalue weighted by molar-refractivity contribution is 5.43. The zero-order valence-corrected chi connectivity index (χ0v) is 17.3. The Kier molecular flexibility index (Phi) is 7.42. The molecule has 164 valence electrons. The van der Waals surface area contributed by atoms with Crippen molar-refractivity contribution in [1.29, 1.82) is 0 Å². The fraction of sp³-hybridized carbons (Fsp3) is 0.500. The minimum Gasteiger partial charge on any atom is -0.493 e. The van der Waals surface area contributed by atoms with E-state index in [1.807, 2.05) is 18.2 Å². The van der Waals surface area contributed by atoms with Gasteiger partial charge < -0.3 is 14.8 Å². The molecule has 0 unspecified atom stereocenters. The summed E-state index contributed by atoms with van der Waals surface area (Å²) in [6, 6.07) is 8.67. The number of methoxy groups -OCH3 is 1. The average Bonchev–Trinajstić information content (AvgIpc) is 2.73. The third-order valence-corrected chi connectivity index (χ3v) is 5.13. The van der Waals surface area contributed by atoms with Crippen molar-refractivity contribution in [3.05, 3.63) is 47.7 Å². The van der Waals surface area contributed by atoms with E-state index in [0.29, 0.717) is 12.4 Å². The molecular formula is C22H28F3N3O2. The van der Waals surface area contributed by atoms with Crippen LogP contribution in [0.2, 0.25) is 0 Å². The number of piperidine rings is 1. The van der Waals surface area contributed by atoms with E-state index >= 15 is 0 Å². The Morgan fingerprint density at radius 1 is 1.13 bits per heavy atom. The first-order valence-corrected chi connectivity index (χ1v) is 10.2. The summed E-state index contributed by atoms with van der Waals surface area (Å²) in [5.41, 5.74) is 0.433. The number of hydrogen-bond donors (Lipinski definition) is 1. The van der Waals surface area contributed by atoms with Crippen LogP contribution in [0, 0.1) is 0 Å². The van der Waals surface area contributed by atoms with Crippen LogP contribution >= 0.6 is 0 Å². The van der Waals surface area contributed by atoms with E-state index in [1.165, 1.54) is 6.07 Å². The molecule has 2 aromatic rings. The number of pyridine rings is 1. The molecule has 1 N–H and O–H groups in total. The van der Waals surface area contributed by atoms with Crippen LogP contribution in [0.25, 0.3) is 0 Å². The first-order chi connectivity index (χ1) is 14.4. The largest absolute Gasteiger partial charge is 0.493 e. The zero-order chi connectivity index (χ0) is 21.6. The lowest BCUT2D eigenvalue weighted by Crippen LogP contribution is -2.38. The van der Waals surface area contributed by atoms with Gasteiger partial charge in [-0.05, 0) is 49.1 Å². The SMILES string of the molecule is CCCOc1cc(CN2CCC(Nc3ccc(C(F)(F)F)cn3)CC2)ccc1OC. The number of aromatic nitrogens is 1. The Bertz CT molecular complexity index is 804. The maximum absolute atomic E-state index is 12.6. The highest BCUT2D eigenvalue weighted by atomic mass is 19.4. The highest BCUT2D eigenvalue weighted by Crippen LogP contribution is 2.30. The number of rotatable bonds is 8. The Morgan fingerprint density at radius 2 is 1.90 bits per heavy atom. The van der Waals surface area contributed by atoms with Crippen molar-refractivity contribution in [3.63, 3.8) is 0 Å². The second-order valence-electron chi connectivity index (χ2n) is 7.46. The molecule has 1 aliphatic rings. The molecule has 0 amide bonds. The summed E-state index contributed by atoms with van der Waals surface area (Å²) in [5.74, 6) is 1.98. The molecule has 0 aliphatic carbocycles. The van der Waals surface area contributed by atoms with Gasteiger partial charge in [-0.25, -0.2) is 4.98 Å². The molecule has 3 rings (SSSR count). The van der Waals surface area contributed by atoms with Gasteiger partial charge in [0, 0.05) is 31.9 Å². The lowest BCUT2D eigenvalue weighted by molar-refractivity contribution is -0.137. The molecule has 1 aliphatic heterocycles. The molecular weight excluding hydrogens is 395 g/mol. The normalized spacial score (nSPS) is 15.8. The van der Waals surface area contributed by atoms with Gasteiger partial charge in [-0.3, -0.25) is 4.90 Å². The summed E-state index contributed by atoms with van der Waals surface area (Å²) in [6.45, 7) is 5.33. The van der Waals surface area contributed by atoms with Crippen LogP contribution in [0.1, 0.15) is 37.3 Å².